The third-order valence-corrected chi connectivity index (χ3v) is 5.28. The SMILES string of the molecule is CCN(C(=O)CN1C(=O)CSc2ccccc21)c1cc(C)cc(C)c1. The molecule has 25 heavy (non-hydrogen) atoms. The van der Waals surface area contributed by atoms with Gasteiger partial charge < -0.3 is 9.80 Å². The van der Waals surface area contributed by atoms with E-state index < -0.39 is 0 Å². The lowest BCUT2D eigenvalue weighted by Gasteiger charge is -2.31. The second-order valence-corrected chi connectivity index (χ2v) is 7.24. The predicted octanol–water partition coefficient (Wildman–Crippen LogP) is 3.80. The zero-order valence-electron chi connectivity index (χ0n) is 14.8. The Labute approximate surface area is 152 Å². The minimum atomic E-state index is -0.0671. The van der Waals surface area contributed by atoms with E-state index in [1.54, 1.807) is 9.80 Å². The zero-order valence-corrected chi connectivity index (χ0v) is 15.6. The van der Waals surface area contributed by atoms with E-state index in [4.69, 9.17) is 0 Å². The molecule has 0 fully saturated rings. The molecule has 0 N–H and O–H groups in total. The average Bonchev–Trinajstić information content (AvgIpc) is 2.57. The van der Waals surface area contributed by atoms with E-state index in [-0.39, 0.29) is 18.4 Å². The number of carbonyl (C=O) groups excluding carboxylic acids is 2. The highest BCUT2D eigenvalue weighted by molar-refractivity contribution is 8.00. The van der Waals surface area contributed by atoms with Crippen molar-refractivity contribution in [2.24, 2.45) is 0 Å². The first-order chi connectivity index (χ1) is 12.0. The summed E-state index contributed by atoms with van der Waals surface area (Å²) < 4.78 is 0. The lowest BCUT2D eigenvalue weighted by Crippen LogP contribution is -2.45. The van der Waals surface area contributed by atoms with E-state index in [1.807, 2.05) is 57.2 Å². The molecule has 1 heterocycles. The molecule has 0 aromatic heterocycles. The van der Waals surface area contributed by atoms with Crippen LogP contribution >= 0.6 is 11.8 Å². The van der Waals surface area contributed by atoms with Crippen LogP contribution in [0.3, 0.4) is 0 Å². The van der Waals surface area contributed by atoms with Gasteiger partial charge >= 0.3 is 0 Å². The highest BCUT2D eigenvalue weighted by atomic mass is 32.2. The Bertz CT molecular complexity index is 799. The van der Waals surface area contributed by atoms with Crippen molar-refractivity contribution < 1.29 is 9.59 Å². The summed E-state index contributed by atoms with van der Waals surface area (Å²) in [5.41, 5.74) is 3.96. The second kappa shape index (κ2) is 7.31. The van der Waals surface area contributed by atoms with E-state index in [0.29, 0.717) is 12.3 Å². The summed E-state index contributed by atoms with van der Waals surface area (Å²) in [6.45, 7) is 6.64. The van der Waals surface area contributed by atoms with Gasteiger partial charge in [0.1, 0.15) is 6.54 Å². The molecular weight excluding hydrogens is 332 g/mol. The van der Waals surface area contributed by atoms with Crippen molar-refractivity contribution in [3.8, 4) is 0 Å². The van der Waals surface area contributed by atoms with E-state index in [2.05, 4.69) is 6.07 Å². The Hall–Kier alpha value is -2.27. The number of anilines is 2. The van der Waals surface area contributed by atoms with Crippen molar-refractivity contribution >= 4 is 35.0 Å². The summed E-state index contributed by atoms with van der Waals surface area (Å²) in [6, 6.07) is 13.9. The van der Waals surface area contributed by atoms with Crippen LogP contribution in [0.4, 0.5) is 11.4 Å². The summed E-state index contributed by atoms with van der Waals surface area (Å²) in [5, 5.41) is 0. The third-order valence-electron chi connectivity index (χ3n) is 4.24. The number of thioether (sulfide) groups is 1. The number of likely N-dealkylation sites (N-methyl/N-ethyl adjacent to an activating group) is 1. The minimum Gasteiger partial charge on any atom is -0.311 e. The largest absolute Gasteiger partial charge is 0.311 e. The Kier molecular flexibility index (Phi) is 5.13. The van der Waals surface area contributed by atoms with Crippen LogP contribution in [0.15, 0.2) is 47.4 Å². The van der Waals surface area contributed by atoms with Crippen LogP contribution in [0.1, 0.15) is 18.1 Å². The fourth-order valence-electron chi connectivity index (χ4n) is 3.16. The molecule has 3 rings (SSSR count). The molecular formula is C20H22N2O2S. The van der Waals surface area contributed by atoms with Gasteiger partial charge in [-0.25, -0.2) is 0 Å². The Balaban J connectivity index is 1.86. The van der Waals surface area contributed by atoms with E-state index in [1.165, 1.54) is 11.8 Å². The van der Waals surface area contributed by atoms with Crippen LogP contribution < -0.4 is 9.80 Å². The summed E-state index contributed by atoms with van der Waals surface area (Å²) in [4.78, 5) is 29.7. The molecule has 2 aromatic rings. The molecule has 4 nitrogen and oxygen atoms in total. The first-order valence-electron chi connectivity index (χ1n) is 8.40. The highest BCUT2D eigenvalue weighted by Crippen LogP contribution is 2.35. The summed E-state index contributed by atoms with van der Waals surface area (Å²) >= 11 is 1.53. The lowest BCUT2D eigenvalue weighted by atomic mass is 10.1. The van der Waals surface area contributed by atoms with Crippen LogP contribution in [0.2, 0.25) is 0 Å². The van der Waals surface area contributed by atoms with Gasteiger partial charge in [-0.2, -0.15) is 0 Å². The third kappa shape index (κ3) is 3.71. The zero-order chi connectivity index (χ0) is 18.0. The molecule has 0 unspecified atom stereocenters. The molecule has 130 valence electrons. The molecule has 2 aromatic carbocycles. The van der Waals surface area contributed by atoms with Crippen molar-refractivity contribution in [3.63, 3.8) is 0 Å². The van der Waals surface area contributed by atoms with Gasteiger partial charge in [-0.1, -0.05) is 18.2 Å². The monoisotopic (exact) mass is 354 g/mol. The molecule has 2 amide bonds. The molecule has 0 radical (unpaired) electrons. The number of fused-ring (bicyclic) bond motifs is 1. The average molecular weight is 354 g/mol. The number of hydrogen-bond donors (Lipinski definition) is 0. The topological polar surface area (TPSA) is 40.6 Å². The number of aryl methyl sites for hydroxylation is 2. The van der Waals surface area contributed by atoms with E-state index >= 15 is 0 Å². The van der Waals surface area contributed by atoms with Crippen LogP contribution in [0.5, 0.6) is 0 Å². The Morgan fingerprint density at radius 2 is 1.84 bits per heavy atom. The normalized spacial score (nSPS) is 13.6. The van der Waals surface area contributed by atoms with Gasteiger partial charge in [0.2, 0.25) is 11.8 Å². The summed E-state index contributed by atoms with van der Waals surface area (Å²) in [5.74, 6) is 0.288. The maximum atomic E-state index is 12.9. The molecule has 0 atom stereocenters. The van der Waals surface area contributed by atoms with Crippen LogP contribution in [-0.4, -0.2) is 30.7 Å². The number of para-hydroxylation sites is 1. The molecule has 1 aliphatic rings. The molecule has 0 spiro atoms. The molecule has 0 aliphatic carbocycles. The number of carbonyl (C=O) groups is 2. The molecule has 0 saturated heterocycles. The highest BCUT2D eigenvalue weighted by Gasteiger charge is 2.28. The van der Waals surface area contributed by atoms with Crippen molar-refractivity contribution in [1.29, 1.82) is 0 Å². The maximum Gasteiger partial charge on any atom is 0.247 e. The quantitative estimate of drug-likeness (QED) is 0.839. The lowest BCUT2D eigenvalue weighted by molar-refractivity contribution is -0.121. The van der Waals surface area contributed by atoms with Crippen molar-refractivity contribution in [2.75, 3.05) is 28.6 Å². The van der Waals surface area contributed by atoms with Crippen LogP contribution in [0, 0.1) is 13.8 Å². The number of amides is 2. The van der Waals surface area contributed by atoms with Crippen molar-refractivity contribution in [1.82, 2.24) is 0 Å². The fourth-order valence-corrected chi connectivity index (χ4v) is 4.09. The van der Waals surface area contributed by atoms with E-state index in [9.17, 15) is 9.59 Å². The smallest absolute Gasteiger partial charge is 0.247 e. The molecule has 0 bridgehead atoms. The Morgan fingerprint density at radius 3 is 2.52 bits per heavy atom. The Morgan fingerprint density at radius 1 is 1.16 bits per heavy atom. The van der Waals surface area contributed by atoms with Crippen molar-refractivity contribution in [3.05, 3.63) is 53.6 Å². The van der Waals surface area contributed by atoms with Crippen LogP contribution in [-0.2, 0) is 9.59 Å². The van der Waals surface area contributed by atoms with Gasteiger partial charge in [0.25, 0.3) is 0 Å². The van der Waals surface area contributed by atoms with Gasteiger partial charge in [-0.05, 0) is 56.2 Å². The van der Waals surface area contributed by atoms with Gasteiger partial charge in [-0.15, -0.1) is 11.8 Å². The van der Waals surface area contributed by atoms with Crippen LogP contribution in [0.25, 0.3) is 0 Å². The first kappa shape index (κ1) is 17.5. The summed E-state index contributed by atoms with van der Waals surface area (Å²) in [6.07, 6.45) is 0. The first-order valence-corrected chi connectivity index (χ1v) is 9.39. The second-order valence-electron chi connectivity index (χ2n) is 6.22. The number of rotatable bonds is 4. The molecule has 1 aliphatic heterocycles. The number of hydrogen-bond acceptors (Lipinski definition) is 3. The van der Waals surface area contributed by atoms with Gasteiger partial charge in [0.05, 0.1) is 11.4 Å². The van der Waals surface area contributed by atoms with Gasteiger partial charge in [-0.3, -0.25) is 9.59 Å². The summed E-state index contributed by atoms with van der Waals surface area (Å²) in [7, 11) is 0. The van der Waals surface area contributed by atoms with Crippen molar-refractivity contribution in [2.45, 2.75) is 25.7 Å². The van der Waals surface area contributed by atoms with Gasteiger partial charge in [0.15, 0.2) is 0 Å². The predicted molar refractivity (Wildman–Crippen MR) is 103 cm³/mol. The fraction of sp³-hybridized carbons (Fsp3) is 0.300. The standard InChI is InChI=1S/C20H22N2O2S/c1-4-21(16-10-14(2)9-15(3)11-16)19(23)12-22-17-7-5-6-8-18(17)25-13-20(22)24/h5-11H,4,12-13H2,1-3H3. The molecule has 5 heteroatoms. The van der Waals surface area contributed by atoms with E-state index in [0.717, 1.165) is 27.4 Å². The van der Waals surface area contributed by atoms with Gasteiger partial charge in [0, 0.05) is 17.1 Å². The minimum absolute atomic E-state index is 0.0199. The maximum absolute atomic E-state index is 12.9. The molecule has 0 saturated carbocycles. The number of nitrogens with zero attached hydrogens (tertiary/aromatic N) is 2. The number of benzene rings is 2.